The molecule has 3 aromatic carbocycles. The molecule has 0 atom stereocenters. The number of para-hydroxylation sites is 3. The number of carbonyl (C=O) groups excluding carboxylic acids is 2. The molecule has 0 radical (unpaired) electrons. The Bertz CT molecular complexity index is 1260. The van der Waals surface area contributed by atoms with Gasteiger partial charge in [0.2, 0.25) is 5.91 Å². The van der Waals surface area contributed by atoms with E-state index in [1.807, 2.05) is 73.7 Å². The zero-order valence-corrected chi connectivity index (χ0v) is 18.7. The highest BCUT2D eigenvalue weighted by Crippen LogP contribution is 2.29. The fourth-order valence-corrected chi connectivity index (χ4v) is 3.77. The second kappa shape index (κ2) is 10.4. The molecule has 0 unspecified atom stereocenters. The van der Waals surface area contributed by atoms with E-state index in [9.17, 15) is 9.59 Å². The van der Waals surface area contributed by atoms with Crippen molar-refractivity contribution in [3.63, 3.8) is 0 Å². The lowest BCUT2D eigenvalue weighted by Gasteiger charge is -2.11. The third kappa shape index (κ3) is 6.41. The van der Waals surface area contributed by atoms with Gasteiger partial charge in [-0.15, -0.1) is 11.3 Å². The normalized spacial score (nSPS) is 10.3. The number of rotatable bonds is 7. The van der Waals surface area contributed by atoms with Crippen LogP contribution in [-0.4, -0.2) is 16.9 Å². The van der Waals surface area contributed by atoms with Gasteiger partial charge >= 0.3 is 6.03 Å². The van der Waals surface area contributed by atoms with Crippen LogP contribution in [0.4, 0.5) is 21.3 Å². The molecule has 0 aliphatic heterocycles. The number of nitrogens with zero attached hydrogens (tertiary/aromatic N) is 1. The van der Waals surface area contributed by atoms with Gasteiger partial charge in [0.15, 0.2) is 10.9 Å². The predicted molar refractivity (Wildman–Crippen MR) is 131 cm³/mol. The maximum atomic E-state index is 12.6. The molecule has 0 saturated carbocycles. The number of aryl methyl sites for hydroxylation is 1. The van der Waals surface area contributed by atoms with Crippen LogP contribution in [0.5, 0.6) is 11.5 Å². The Morgan fingerprint density at radius 3 is 2.52 bits per heavy atom. The molecular weight excluding hydrogens is 436 g/mol. The van der Waals surface area contributed by atoms with Gasteiger partial charge in [-0.1, -0.05) is 42.5 Å². The number of aromatic nitrogens is 1. The van der Waals surface area contributed by atoms with E-state index in [1.165, 1.54) is 11.3 Å². The first-order valence-corrected chi connectivity index (χ1v) is 11.1. The highest BCUT2D eigenvalue weighted by molar-refractivity contribution is 7.14. The minimum atomic E-state index is -0.391. The summed E-state index contributed by atoms with van der Waals surface area (Å²) in [6.07, 6.45) is 0.0668. The Hall–Kier alpha value is -4.17. The SMILES string of the molecule is Cc1cccc(NC(=O)Nc2nc(CC(=O)Nc3ccccc3Oc3ccccc3)cs2)c1. The Balaban J connectivity index is 1.33. The van der Waals surface area contributed by atoms with Gasteiger partial charge in [-0.05, 0) is 48.9 Å². The summed E-state index contributed by atoms with van der Waals surface area (Å²) in [6.45, 7) is 1.95. The van der Waals surface area contributed by atoms with E-state index in [1.54, 1.807) is 17.5 Å². The zero-order chi connectivity index (χ0) is 23.0. The number of ether oxygens (including phenoxy) is 1. The van der Waals surface area contributed by atoms with Crippen molar-refractivity contribution in [2.75, 3.05) is 16.0 Å². The summed E-state index contributed by atoms with van der Waals surface area (Å²) in [5.74, 6) is 0.990. The lowest BCUT2D eigenvalue weighted by atomic mass is 10.2. The highest BCUT2D eigenvalue weighted by atomic mass is 32.1. The van der Waals surface area contributed by atoms with Crippen LogP contribution < -0.4 is 20.7 Å². The van der Waals surface area contributed by atoms with Gasteiger partial charge in [0.1, 0.15) is 5.75 Å². The first kappa shape index (κ1) is 22.0. The minimum absolute atomic E-state index is 0.0668. The Labute approximate surface area is 195 Å². The minimum Gasteiger partial charge on any atom is -0.455 e. The Morgan fingerprint density at radius 2 is 1.70 bits per heavy atom. The summed E-state index contributed by atoms with van der Waals surface area (Å²) >= 11 is 1.26. The monoisotopic (exact) mass is 458 g/mol. The molecule has 1 aromatic heterocycles. The predicted octanol–water partition coefficient (Wildman–Crippen LogP) is 6.07. The molecule has 4 rings (SSSR count). The number of amides is 3. The molecule has 8 heteroatoms. The van der Waals surface area contributed by atoms with Gasteiger partial charge in [0.25, 0.3) is 0 Å². The van der Waals surface area contributed by atoms with Crippen molar-refractivity contribution in [3.05, 3.63) is 95.5 Å². The average Bonchev–Trinajstić information content (AvgIpc) is 3.22. The van der Waals surface area contributed by atoms with Crippen molar-refractivity contribution in [3.8, 4) is 11.5 Å². The zero-order valence-electron chi connectivity index (χ0n) is 17.9. The molecule has 0 fully saturated rings. The molecule has 0 aliphatic rings. The van der Waals surface area contributed by atoms with Crippen molar-refractivity contribution >= 4 is 39.8 Å². The van der Waals surface area contributed by atoms with Crippen molar-refractivity contribution in [2.45, 2.75) is 13.3 Å². The maximum absolute atomic E-state index is 12.6. The van der Waals surface area contributed by atoms with E-state index in [0.717, 1.165) is 5.56 Å². The smallest absolute Gasteiger partial charge is 0.325 e. The lowest BCUT2D eigenvalue weighted by Crippen LogP contribution is -2.19. The third-order valence-electron chi connectivity index (χ3n) is 4.52. The Kier molecular flexibility index (Phi) is 6.96. The maximum Gasteiger partial charge on any atom is 0.325 e. The second-order valence-corrected chi connectivity index (χ2v) is 8.09. The van der Waals surface area contributed by atoms with Crippen LogP contribution in [0.25, 0.3) is 0 Å². The number of anilines is 3. The summed E-state index contributed by atoms with van der Waals surface area (Å²) in [6, 6.07) is 23.7. The van der Waals surface area contributed by atoms with Gasteiger partial charge in [0.05, 0.1) is 17.8 Å². The molecule has 1 heterocycles. The van der Waals surface area contributed by atoms with Crippen molar-refractivity contribution in [2.24, 2.45) is 0 Å². The standard InChI is InChI=1S/C25H22N4O3S/c1-17-8-7-9-18(14-17)26-24(31)29-25-27-19(16-33-25)15-23(30)28-21-12-5-6-13-22(21)32-20-10-3-2-4-11-20/h2-14,16H,15H2,1H3,(H,28,30)(H2,26,27,29,31). The molecule has 7 nitrogen and oxygen atoms in total. The number of nitrogens with one attached hydrogen (secondary N) is 3. The molecule has 4 aromatic rings. The average molecular weight is 459 g/mol. The van der Waals surface area contributed by atoms with E-state index in [4.69, 9.17) is 4.74 Å². The summed E-state index contributed by atoms with van der Waals surface area (Å²) in [5, 5.41) is 10.5. The fraction of sp³-hybridized carbons (Fsp3) is 0.0800. The van der Waals surface area contributed by atoms with Crippen LogP contribution >= 0.6 is 11.3 Å². The first-order valence-electron chi connectivity index (χ1n) is 10.3. The number of urea groups is 1. The fourth-order valence-electron chi connectivity index (χ4n) is 3.06. The molecule has 0 bridgehead atoms. The van der Waals surface area contributed by atoms with Crippen LogP contribution in [0.2, 0.25) is 0 Å². The van der Waals surface area contributed by atoms with Gasteiger partial charge in [0, 0.05) is 11.1 Å². The number of benzene rings is 3. The van der Waals surface area contributed by atoms with E-state index < -0.39 is 6.03 Å². The summed E-state index contributed by atoms with van der Waals surface area (Å²) < 4.78 is 5.88. The number of carbonyl (C=O) groups is 2. The Morgan fingerprint density at radius 1 is 0.909 bits per heavy atom. The summed E-state index contributed by atoms with van der Waals surface area (Å²) in [4.78, 5) is 29.1. The second-order valence-electron chi connectivity index (χ2n) is 7.23. The van der Waals surface area contributed by atoms with Gasteiger partial charge < -0.3 is 15.4 Å². The molecule has 0 saturated heterocycles. The van der Waals surface area contributed by atoms with Crippen LogP contribution in [0.1, 0.15) is 11.3 Å². The van der Waals surface area contributed by atoms with E-state index >= 15 is 0 Å². The van der Waals surface area contributed by atoms with Crippen LogP contribution in [-0.2, 0) is 11.2 Å². The number of hydrogen-bond donors (Lipinski definition) is 3. The van der Waals surface area contributed by atoms with Gasteiger partial charge in [-0.25, -0.2) is 9.78 Å². The van der Waals surface area contributed by atoms with Crippen LogP contribution in [0.3, 0.4) is 0 Å². The largest absolute Gasteiger partial charge is 0.455 e. The topological polar surface area (TPSA) is 92.4 Å². The number of hydrogen-bond acceptors (Lipinski definition) is 5. The molecular formula is C25H22N4O3S. The number of thiazole rings is 1. The quantitative estimate of drug-likeness (QED) is 0.313. The third-order valence-corrected chi connectivity index (χ3v) is 5.33. The van der Waals surface area contributed by atoms with E-state index in [2.05, 4.69) is 20.9 Å². The van der Waals surface area contributed by atoms with Crippen molar-refractivity contribution < 1.29 is 14.3 Å². The first-order chi connectivity index (χ1) is 16.0. The van der Waals surface area contributed by atoms with Crippen LogP contribution in [0, 0.1) is 6.92 Å². The molecule has 0 spiro atoms. The molecule has 166 valence electrons. The van der Waals surface area contributed by atoms with Crippen LogP contribution in [0.15, 0.2) is 84.2 Å². The molecule has 3 amide bonds. The van der Waals surface area contributed by atoms with E-state index in [0.29, 0.717) is 33.7 Å². The molecule has 33 heavy (non-hydrogen) atoms. The molecule has 3 N–H and O–H groups in total. The lowest BCUT2D eigenvalue weighted by molar-refractivity contribution is -0.115. The van der Waals surface area contributed by atoms with Gasteiger partial charge in [-0.2, -0.15) is 0 Å². The van der Waals surface area contributed by atoms with E-state index in [-0.39, 0.29) is 12.3 Å². The van der Waals surface area contributed by atoms with Crippen molar-refractivity contribution in [1.29, 1.82) is 0 Å². The highest BCUT2D eigenvalue weighted by Gasteiger charge is 2.13. The summed E-state index contributed by atoms with van der Waals surface area (Å²) in [7, 11) is 0. The van der Waals surface area contributed by atoms with Crippen molar-refractivity contribution in [1.82, 2.24) is 4.98 Å². The molecule has 0 aliphatic carbocycles. The van der Waals surface area contributed by atoms with Gasteiger partial charge in [-0.3, -0.25) is 10.1 Å². The summed E-state index contributed by atoms with van der Waals surface area (Å²) in [5.41, 5.74) is 2.87.